The first-order valence-corrected chi connectivity index (χ1v) is 15.6. The van der Waals surface area contributed by atoms with Crippen LogP contribution in [-0.4, -0.2) is 93.0 Å². The number of rotatable bonds is 15. The molecule has 9 heteroatoms. The van der Waals surface area contributed by atoms with E-state index in [0.29, 0.717) is 17.7 Å². The molecule has 1 aliphatic heterocycles. The summed E-state index contributed by atoms with van der Waals surface area (Å²) in [6, 6.07) is 2.69. The van der Waals surface area contributed by atoms with Gasteiger partial charge in [-0.15, -0.1) is 0 Å². The molecule has 3 aliphatic rings. The molecule has 1 saturated heterocycles. The lowest BCUT2D eigenvalue weighted by Gasteiger charge is -2.35. The summed E-state index contributed by atoms with van der Waals surface area (Å²) >= 11 is 0. The van der Waals surface area contributed by atoms with Crippen LogP contribution in [0.25, 0.3) is 0 Å². The number of anilines is 3. The Morgan fingerprint density at radius 2 is 1.66 bits per heavy atom. The molecule has 38 heavy (non-hydrogen) atoms. The van der Waals surface area contributed by atoms with Crippen molar-refractivity contribution in [3.63, 3.8) is 0 Å². The minimum Gasteiger partial charge on any atom is -0.383 e. The van der Waals surface area contributed by atoms with Crippen molar-refractivity contribution in [3.05, 3.63) is 6.07 Å². The highest BCUT2D eigenvalue weighted by Crippen LogP contribution is 2.29. The Morgan fingerprint density at radius 3 is 2.39 bits per heavy atom. The first kappa shape index (κ1) is 29.3. The zero-order chi connectivity index (χ0) is 26.4. The Morgan fingerprint density at radius 1 is 0.921 bits per heavy atom. The van der Waals surface area contributed by atoms with E-state index in [2.05, 4.69) is 30.7 Å². The molecule has 0 bridgehead atoms. The molecule has 2 saturated carbocycles. The zero-order valence-corrected chi connectivity index (χ0v) is 23.9. The van der Waals surface area contributed by atoms with Crippen molar-refractivity contribution >= 4 is 17.6 Å². The molecular formula is C29H54N8O. The van der Waals surface area contributed by atoms with Crippen molar-refractivity contribution in [3.8, 4) is 0 Å². The summed E-state index contributed by atoms with van der Waals surface area (Å²) in [7, 11) is 0. The van der Waals surface area contributed by atoms with Gasteiger partial charge in [-0.2, -0.15) is 9.97 Å². The molecule has 216 valence electrons. The van der Waals surface area contributed by atoms with Crippen LogP contribution < -0.4 is 26.6 Å². The van der Waals surface area contributed by atoms with Crippen molar-refractivity contribution < 1.29 is 4.74 Å². The molecule has 1 aromatic heterocycles. The molecular weight excluding hydrogens is 476 g/mol. The Balaban J connectivity index is 1.08. The summed E-state index contributed by atoms with van der Waals surface area (Å²) in [5.41, 5.74) is 6.16. The molecule has 0 radical (unpaired) electrons. The standard InChI is InChI=1S/C29H54N8O/c1-2-38-20-19-36-15-17-37(18-16-36)28-21-27(30)34-29(35-28)33-23-25-11-9-24(10-12-25)22-31-13-6-14-32-26-7-4-3-5-8-26/h21,24-26,31-32H,2-20,22-23H2,1H3,(H3,30,33,34,35). The van der Waals surface area contributed by atoms with Crippen LogP contribution in [0.4, 0.5) is 17.6 Å². The summed E-state index contributed by atoms with van der Waals surface area (Å²) in [4.78, 5) is 14.1. The Hall–Kier alpha value is -1.68. The van der Waals surface area contributed by atoms with Gasteiger partial charge >= 0.3 is 0 Å². The number of nitrogens with zero attached hydrogens (tertiary/aromatic N) is 4. The van der Waals surface area contributed by atoms with Crippen molar-refractivity contribution in [2.45, 2.75) is 77.2 Å². The van der Waals surface area contributed by atoms with Crippen LogP contribution in [0.5, 0.6) is 0 Å². The summed E-state index contributed by atoms with van der Waals surface area (Å²) in [6.07, 6.45) is 13.4. The van der Waals surface area contributed by atoms with Crippen molar-refractivity contribution in [2.24, 2.45) is 11.8 Å². The van der Waals surface area contributed by atoms with Crippen LogP contribution in [0.2, 0.25) is 0 Å². The van der Waals surface area contributed by atoms with Gasteiger partial charge in [-0.1, -0.05) is 19.3 Å². The van der Waals surface area contributed by atoms with Crippen LogP contribution in [0, 0.1) is 11.8 Å². The highest BCUT2D eigenvalue weighted by atomic mass is 16.5. The predicted octanol–water partition coefficient (Wildman–Crippen LogP) is 3.34. The second-order valence-electron chi connectivity index (χ2n) is 11.6. The monoisotopic (exact) mass is 530 g/mol. The summed E-state index contributed by atoms with van der Waals surface area (Å²) < 4.78 is 5.50. The number of piperazine rings is 1. The molecule has 5 N–H and O–H groups in total. The largest absolute Gasteiger partial charge is 0.383 e. The van der Waals surface area contributed by atoms with E-state index in [1.54, 1.807) is 0 Å². The van der Waals surface area contributed by atoms with Gasteiger partial charge in [-0.25, -0.2) is 0 Å². The Kier molecular flexibility index (Phi) is 12.7. The van der Waals surface area contributed by atoms with E-state index >= 15 is 0 Å². The fourth-order valence-corrected chi connectivity index (χ4v) is 6.24. The lowest BCUT2D eigenvalue weighted by atomic mass is 9.82. The topological polar surface area (TPSA) is 104 Å². The second kappa shape index (κ2) is 16.4. The van der Waals surface area contributed by atoms with E-state index in [1.165, 1.54) is 70.8 Å². The molecule has 2 heterocycles. The maximum absolute atomic E-state index is 6.16. The fourth-order valence-electron chi connectivity index (χ4n) is 6.24. The van der Waals surface area contributed by atoms with E-state index in [0.717, 1.165) is 83.3 Å². The van der Waals surface area contributed by atoms with E-state index in [-0.39, 0.29) is 0 Å². The average Bonchev–Trinajstić information content (AvgIpc) is 2.95. The molecule has 1 aromatic rings. The first-order chi connectivity index (χ1) is 18.7. The van der Waals surface area contributed by atoms with E-state index in [1.807, 2.05) is 13.0 Å². The molecule has 0 atom stereocenters. The highest BCUT2D eigenvalue weighted by Gasteiger charge is 2.22. The van der Waals surface area contributed by atoms with Gasteiger partial charge in [0.05, 0.1) is 6.61 Å². The third kappa shape index (κ3) is 10.1. The van der Waals surface area contributed by atoms with Crippen molar-refractivity contribution in [2.75, 3.05) is 88.1 Å². The van der Waals surface area contributed by atoms with Gasteiger partial charge in [-0.05, 0) is 83.3 Å². The number of aromatic nitrogens is 2. The Bertz CT molecular complexity index is 774. The molecule has 2 aliphatic carbocycles. The molecule has 0 spiro atoms. The molecule has 4 rings (SSSR count). The van der Waals surface area contributed by atoms with Gasteiger partial charge in [0.25, 0.3) is 0 Å². The van der Waals surface area contributed by atoms with Gasteiger partial charge in [0, 0.05) is 58.0 Å². The summed E-state index contributed by atoms with van der Waals surface area (Å²) in [5, 5.41) is 11.0. The third-order valence-corrected chi connectivity index (χ3v) is 8.70. The van der Waals surface area contributed by atoms with Crippen LogP contribution in [0.15, 0.2) is 6.07 Å². The normalized spacial score (nSPS) is 23.6. The predicted molar refractivity (Wildman–Crippen MR) is 158 cm³/mol. The summed E-state index contributed by atoms with van der Waals surface area (Å²) in [5.74, 6) is 3.66. The number of hydrogen-bond acceptors (Lipinski definition) is 9. The minimum atomic E-state index is 0.542. The molecule has 0 unspecified atom stereocenters. The number of nitrogen functional groups attached to an aromatic ring is 1. The van der Waals surface area contributed by atoms with Gasteiger partial charge in [0.2, 0.25) is 5.95 Å². The third-order valence-electron chi connectivity index (χ3n) is 8.70. The minimum absolute atomic E-state index is 0.542. The fraction of sp³-hybridized carbons (Fsp3) is 0.862. The van der Waals surface area contributed by atoms with Crippen LogP contribution in [0.3, 0.4) is 0 Å². The quantitative estimate of drug-likeness (QED) is 0.254. The number of ether oxygens (including phenoxy) is 1. The number of nitrogens with one attached hydrogen (secondary N) is 3. The second-order valence-corrected chi connectivity index (χ2v) is 11.6. The maximum atomic E-state index is 6.16. The molecule has 0 aromatic carbocycles. The smallest absolute Gasteiger partial charge is 0.226 e. The SMILES string of the molecule is CCOCCN1CCN(c2cc(N)nc(NCC3CCC(CNCCCNC4CCCCC4)CC3)n2)CC1. The Labute approximate surface area is 231 Å². The van der Waals surface area contributed by atoms with E-state index < -0.39 is 0 Å². The van der Waals surface area contributed by atoms with Gasteiger partial charge in [-0.3, -0.25) is 4.90 Å². The molecule has 9 nitrogen and oxygen atoms in total. The van der Waals surface area contributed by atoms with Gasteiger partial charge in [0.1, 0.15) is 11.6 Å². The van der Waals surface area contributed by atoms with E-state index in [4.69, 9.17) is 15.5 Å². The van der Waals surface area contributed by atoms with Gasteiger partial charge < -0.3 is 31.3 Å². The maximum Gasteiger partial charge on any atom is 0.226 e. The highest BCUT2D eigenvalue weighted by molar-refractivity contribution is 5.51. The lowest BCUT2D eigenvalue weighted by molar-refractivity contribution is 0.111. The van der Waals surface area contributed by atoms with Crippen LogP contribution >= 0.6 is 0 Å². The van der Waals surface area contributed by atoms with E-state index in [9.17, 15) is 0 Å². The van der Waals surface area contributed by atoms with Crippen LogP contribution in [-0.2, 0) is 4.74 Å². The number of nitrogens with two attached hydrogens (primary N) is 1. The first-order valence-electron chi connectivity index (χ1n) is 15.6. The van der Waals surface area contributed by atoms with Gasteiger partial charge in [0.15, 0.2) is 0 Å². The average molecular weight is 531 g/mol. The summed E-state index contributed by atoms with van der Waals surface area (Å²) in [6.45, 7) is 13.0. The van der Waals surface area contributed by atoms with Crippen molar-refractivity contribution in [1.29, 1.82) is 0 Å². The van der Waals surface area contributed by atoms with Crippen LogP contribution in [0.1, 0.15) is 71.1 Å². The van der Waals surface area contributed by atoms with Crippen molar-refractivity contribution in [1.82, 2.24) is 25.5 Å². The lowest BCUT2D eigenvalue weighted by Crippen LogP contribution is -2.47. The number of hydrogen-bond donors (Lipinski definition) is 4. The zero-order valence-electron chi connectivity index (χ0n) is 23.9. The molecule has 3 fully saturated rings. The molecule has 0 amide bonds.